The molecule has 0 aliphatic heterocycles. The number of halogens is 1. The van der Waals surface area contributed by atoms with Gasteiger partial charge >= 0.3 is 0 Å². The lowest BCUT2D eigenvalue weighted by Crippen LogP contribution is -2.23. The monoisotopic (exact) mass is 486 g/mol. The zero-order valence-corrected chi connectivity index (χ0v) is 19.5. The third-order valence-electron chi connectivity index (χ3n) is 4.67. The average Bonchev–Trinajstić information content (AvgIpc) is 3.11. The lowest BCUT2D eigenvalue weighted by molar-refractivity contribution is -0.118. The van der Waals surface area contributed by atoms with Gasteiger partial charge in [-0.3, -0.25) is 14.2 Å². The molecular formula is C22H23BrN4O2S. The highest BCUT2D eigenvalue weighted by Crippen LogP contribution is 2.25. The minimum atomic E-state index is -0.0815. The van der Waals surface area contributed by atoms with Gasteiger partial charge in [-0.25, -0.2) is 0 Å². The Hall–Kier alpha value is -2.45. The number of carbonyl (C=O) groups is 2. The van der Waals surface area contributed by atoms with Crippen molar-refractivity contribution < 1.29 is 9.59 Å². The molecule has 30 heavy (non-hydrogen) atoms. The fraction of sp³-hybridized carbons (Fsp3) is 0.273. The van der Waals surface area contributed by atoms with E-state index in [-0.39, 0.29) is 17.4 Å². The van der Waals surface area contributed by atoms with Crippen LogP contribution in [0.3, 0.4) is 0 Å². The summed E-state index contributed by atoms with van der Waals surface area (Å²) in [5.41, 5.74) is 3.97. The van der Waals surface area contributed by atoms with Crippen LogP contribution in [0, 0.1) is 13.8 Å². The van der Waals surface area contributed by atoms with Gasteiger partial charge in [0, 0.05) is 35.6 Å². The minimum Gasteiger partial charge on any atom is -0.356 e. The Balaban J connectivity index is 1.84. The van der Waals surface area contributed by atoms with Crippen molar-refractivity contribution in [1.29, 1.82) is 0 Å². The first-order valence-corrected chi connectivity index (χ1v) is 11.3. The molecule has 1 heterocycles. The van der Waals surface area contributed by atoms with Gasteiger partial charge in [-0.1, -0.05) is 45.9 Å². The number of hydrogen-bond acceptors (Lipinski definition) is 5. The van der Waals surface area contributed by atoms with Crippen molar-refractivity contribution in [3.63, 3.8) is 0 Å². The molecule has 6 nitrogen and oxygen atoms in total. The van der Waals surface area contributed by atoms with Crippen LogP contribution in [0.1, 0.15) is 34.2 Å². The number of carbonyl (C=O) groups excluding carboxylic acids is 2. The molecule has 0 saturated carbocycles. The van der Waals surface area contributed by atoms with Crippen LogP contribution in [0.5, 0.6) is 0 Å². The SMILES string of the molecule is CC(=O)NCCc1nnc(SCC(=O)c2ccc(Br)cc2)n1-c1ccc(C)c(C)c1. The number of amides is 1. The first kappa shape index (κ1) is 22.2. The summed E-state index contributed by atoms with van der Waals surface area (Å²) < 4.78 is 2.90. The van der Waals surface area contributed by atoms with Gasteiger partial charge in [-0.05, 0) is 49.2 Å². The van der Waals surface area contributed by atoms with Gasteiger partial charge in [0.15, 0.2) is 10.9 Å². The number of thioether (sulfide) groups is 1. The zero-order chi connectivity index (χ0) is 21.7. The summed E-state index contributed by atoms with van der Waals surface area (Å²) in [5.74, 6) is 0.950. The molecule has 156 valence electrons. The van der Waals surface area contributed by atoms with Crippen molar-refractivity contribution in [3.8, 4) is 5.69 Å². The zero-order valence-electron chi connectivity index (χ0n) is 17.1. The fourth-order valence-electron chi connectivity index (χ4n) is 2.88. The molecular weight excluding hydrogens is 464 g/mol. The number of hydrogen-bond donors (Lipinski definition) is 1. The minimum absolute atomic E-state index is 0.0296. The van der Waals surface area contributed by atoms with Gasteiger partial charge < -0.3 is 5.32 Å². The number of rotatable bonds is 8. The summed E-state index contributed by atoms with van der Waals surface area (Å²) in [4.78, 5) is 23.8. The van der Waals surface area contributed by atoms with Gasteiger partial charge in [0.1, 0.15) is 5.82 Å². The molecule has 1 N–H and O–H groups in total. The van der Waals surface area contributed by atoms with Crippen LogP contribution < -0.4 is 5.32 Å². The summed E-state index contributed by atoms with van der Waals surface area (Å²) in [5, 5.41) is 12.1. The van der Waals surface area contributed by atoms with E-state index in [1.807, 2.05) is 22.8 Å². The molecule has 0 spiro atoms. The van der Waals surface area contributed by atoms with Gasteiger partial charge in [0.25, 0.3) is 0 Å². The van der Waals surface area contributed by atoms with Crippen LogP contribution in [0.4, 0.5) is 0 Å². The van der Waals surface area contributed by atoms with Crippen molar-refractivity contribution >= 4 is 39.4 Å². The van der Waals surface area contributed by atoms with E-state index in [9.17, 15) is 9.59 Å². The predicted octanol–water partition coefficient (Wildman–Crippen LogP) is 4.30. The van der Waals surface area contributed by atoms with Crippen LogP contribution >= 0.6 is 27.7 Å². The van der Waals surface area contributed by atoms with E-state index in [0.717, 1.165) is 21.5 Å². The van der Waals surface area contributed by atoms with Crippen molar-refractivity contribution in [2.24, 2.45) is 0 Å². The third-order valence-corrected chi connectivity index (χ3v) is 6.13. The molecule has 3 rings (SSSR count). The molecule has 0 aliphatic rings. The molecule has 1 aromatic heterocycles. The van der Waals surface area contributed by atoms with Gasteiger partial charge in [-0.15, -0.1) is 10.2 Å². The second-order valence-electron chi connectivity index (χ2n) is 6.95. The van der Waals surface area contributed by atoms with Crippen LogP contribution in [-0.2, 0) is 11.2 Å². The second kappa shape index (κ2) is 10.0. The van der Waals surface area contributed by atoms with Crippen molar-refractivity contribution in [2.45, 2.75) is 32.3 Å². The lowest BCUT2D eigenvalue weighted by Gasteiger charge is -2.12. The second-order valence-corrected chi connectivity index (χ2v) is 8.81. The van der Waals surface area contributed by atoms with E-state index < -0.39 is 0 Å². The Morgan fingerprint density at radius 3 is 2.47 bits per heavy atom. The van der Waals surface area contributed by atoms with E-state index in [2.05, 4.69) is 57.4 Å². The third kappa shape index (κ3) is 5.58. The number of aromatic nitrogens is 3. The highest BCUT2D eigenvalue weighted by atomic mass is 79.9. The Morgan fingerprint density at radius 1 is 1.07 bits per heavy atom. The van der Waals surface area contributed by atoms with E-state index in [0.29, 0.717) is 23.7 Å². The normalized spacial score (nSPS) is 10.8. The Bertz CT molecular complexity index is 1060. The van der Waals surface area contributed by atoms with Gasteiger partial charge in [-0.2, -0.15) is 0 Å². The number of Topliss-reactive ketones (excluding diaryl/α,β-unsaturated/α-hetero) is 1. The first-order chi connectivity index (χ1) is 14.3. The summed E-state index contributed by atoms with van der Waals surface area (Å²) in [6, 6.07) is 13.5. The number of ketones is 1. The fourth-order valence-corrected chi connectivity index (χ4v) is 4.01. The smallest absolute Gasteiger partial charge is 0.216 e. The summed E-state index contributed by atoms with van der Waals surface area (Å²) in [6.45, 7) is 6.09. The number of nitrogens with zero attached hydrogens (tertiary/aromatic N) is 3. The molecule has 0 atom stereocenters. The lowest BCUT2D eigenvalue weighted by atomic mass is 10.1. The van der Waals surface area contributed by atoms with Crippen LogP contribution in [0.2, 0.25) is 0 Å². The first-order valence-electron chi connectivity index (χ1n) is 9.53. The molecule has 0 aliphatic carbocycles. The maximum absolute atomic E-state index is 12.6. The van der Waals surface area contributed by atoms with Crippen molar-refractivity contribution in [2.75, 3.05) is 12.3 Å². The molecule has 1 amide bonds. The molecule has 2 aromatic carbocycles. The summed E-state index contributed by atoms with van der Waals surface area (Å²) >= 11 is 4.74. The average molecular weight is 487 g/mol. The number of benzene rings is 2. The van der Waals surface area contributed by atoms with Crippen LogP contribution in [0.15, 0.2) is 52.1 Å². The quantitative estimate of drug-likeness (QED) is 0.379. The highest BCUT2D eigenvalue weighted by molar-refractivity contribution is 9.10. The van der Waals surface area contributed by atoms with E-state index in [1.54, 1.807) is 12.1 Å². The van der Waals surface area contributed by atoms with E-state index in [1.165, 1.54) is 24.2 Å². The largest absolute Gasteiger partial charge is 0.356 e. The molecule has 8 heteroatoms. The summed E-state index contributed by atoms with van der Waals surface area (Å²) in [6.07, 6.45) is 0.542. The maximum atomic E-state index is 12.6. The van der Waals surface area contributed by atoms with Crippen LogP contribution in [0.25, 0.3) is 5.69 Å². The molecule has 3 aromatic rings. The van der Waals surface area contributed by atoms with E-state index in [4.69, 9.17) is 0 Å². The van der Waals surface area contributed by atoms with E-state index >= 15 is 0 Å². The molecule has 0 saturated heterocycles. The molecule has 0 radical (unpaired) electrons. The maximum Gasteiger partial charge on any atom is 0.216 e. The number of aryl methyl sites for hydroxylation is 2. The predicted molar refractivity (Wildman–Crippen MR) is 122 cm³/mol. The van der Waals surface area contributed by atoms with Crippen LogP contribution in [-0.4, -0.2) is 38.8 Å². The number of nitrogens with one attached hydrogen (secondary N) is 1. The Morgan fingerprint density at radius 2 is 1.80 bits per heavy atom. The molecule has 0 bridgehead atoms. The van der Waals surface area contributed by atoms with Crippen molar-refractivity contribution in [1.82, 2.24) is 20.1 Å². The Labute approximate surface area is 188 Å². The molecule has 0 unspecified atom stereocenters. The highest BCUT2D eigenvalue weighted by Gasteiger charge is 2.17. The summed E-state index contributed by atoms with van der Waals surface area (Å²) in [7, 11) is 0. The van der Waals surface area contributed by atoms with Crippen molar-refractivity contribution in [3.05, 3.63) is 69.5 Å². The molecule has 0 fully saturated rings. The Kier molecular flexibility index (Phi) is 7.44. The topological polar surface area (TPSA) is 76.9 Å². The van der Waals surface area contributed by atoms with Gasteiger partial charge in [0.05, 0.1) is 5.75 Å². The standard InChI is InChI=1S/C22H23BrN4O2S/c1-14-4-9-19(12-15(14)2)27-21(10-11-24-16(3)28)25-26-22(27)30-13-20(29)17-5-7-18(23)8-6-17/h4-9,12H,10-11,13H2,1-3H3,(H,24,28). The van der Waals surface area contributed by atoms with Gasteiger partial charge in [0.2, 0.25) is 5.91 Å².